The number of aromatic nitrogens is 1. The molecule has 2 aliphatic heterocycles. The molecule has 4 nitrogen and oxygen atoms in total. The average Bonchev–Trinajstić information content (AvgIpc) is 3.18. The first-order chi connectivity index (χ1) is 13.3. The predicted octanol–water partition coefficient (Wildman–Crippen LogP) is 3.69. The Bertz CT molecular complexity index is 962. The Labute approximate surface area is 163 Å². The third-order valence-electron chi connectivity index (χ3n) is 5.57. The van der Waals surface area contributed by atoms with Crippen LogP contribution >= 0.6 is 11.3 Å². The smallest absolute Gasteiger partial charge is 0.273 e. The minimum absolute atomic E-state index is 0.0575. The molecule has 0 unspecified atom stereocenters. The summed E-state index contributed by atoms with van der Waals surface area (Å²) in [5, 5.41) is 2.79. The van der Waals surface area contributed by atoms with Crippen LogP contribution in [0.1, 0.15) is 21.6 Å². The zero-order valence-electron chi connectivity index (χ0n) is 15.0. The van der Waals surface area contributed by atoms with Gasteiger partial charge in [0.05, 0.1) is 0 Å². The Balaban J connectivity index is 1.21. The summed E-state index contributed by atoms with van der Waals surface area (Å²) in [6.45, 7) is 3.69. The van der Waals surface area contributed by atoms with Gasteiger partial charge in [-0.15, -0.1) is 11.3 Å². The van der Waals surface area contributed by atoms with Crippen LogP contribution in [-0.4, -0.2) is 46.4 Å². The summed E-state index contributed by atoms with van der Waals surface area (Å²) < 4.78 is 0. The van der Waals surface area contributed by atoms with Gasteiger partial charge in [0.15, 0.2) is 0 Å². The molecule has 5 heteroatoms. The maximum absolute atomic E-state index is 12.7. The number of fused-ring (bicyclic) bond motifs is 1. The standard InChI is InChI=1S/C22H21N3OS/c26-22(20-15-27-21(23-20)17-7-2-1-3-8-17)25-13-19(14-25)24-11-10-16-6-4-5-9-18(16)12-24/h1-9,15,19H,10-14H2. The monoisotopic (exact) mass is 375 g/mol. The van der Waals surface area contributed by atoms with Crippen molar-refractivity contribution < 1.29 is 4.79 Å². The molecule has 3 heterocycles. The summed E-state index contributed by atoms with van der Waals surface area (Å²) in [5.41, 5.74) is 4.54. The van der Waals surface area contributed by atoms with Crippen molar-refractivity contribution in [2.75, 3.05) is 19.6 Å². The van der Waals surface area contributed by atoms with Gasteiger partial charge in [-0.25, -0.2) is 4.98 Å². The van der Waals surface area contributed by atoms with Gasteiger partial charge in [0.2, 0.25) is 0 Å². The molecule has 3 aromatic rings. The molecule has 0 spiro atoms. The second kappa shape index (κ2) is 6.91. The molecule has 1 fully saturated rings. The largest absolute Gasteiger partial charge is 0.334 e. The van der Waals surface area contributed by atoms with Gasteiger partial charge < -0.3 is 4.90 Å². The number of nitrogens with zero attached hydrogens (tertiary/aromatic N) is 3. The van der Waals surface area contributed by atoms with Crippen molar-refractivity contribution in [2.45, 2.75) is 19.0 Å². The average molecular weight is 375 g/mol. The number of carbonyl (C=O) groups is 1. The first-order valence-corrected chi connectivity index (χ1v) is 10.3. The van der Waals surface area contributed by atoms with Gasteiger partial charge >= 0.3 is 0 Å². The maximum atomic E-state index is 12.7. The number of amides is 1. The fourth-order valence-corrected chi connectivity index (χ4v) is 4.73. The molecule has 5 rings (SSSR count). The van der Waals surface area contributed by atoms with E-state index >= 15 is 0 Å². The first-order valence-electron chi connectivity index (χ1n) is 9.39. The molecule has 1 amide bonds. The van der Waals surface area contributed by atoms with Crippen LogP contribution in [0.2, 0.25) is 0 Å². The molecule has 27 heavy (non-hydrogen) atoms. The summed E-state index contributed by atoms with van der Waals surface area (Å²) >= 11 is 1.54. The molecule has 0 aliphatic carbocycles. The third kappa shape index (κ3) is 3.17. The predicted molar refractivity (Wildman–Crippen MR) is 108 cm³/mol. The Kier molecular flexibility index (Phi) is 4.26. The SMILES string of the molecule is O=C(c1csc(-c2ccccc2)n1)N1CC(N2CCc3ccccc3C2)C1. The van der Waals surface area contributed by atoms with E-state index in [1.165, 1.54) is 22.5 Å². The second-order valence-corrected chi connectivity index (χ2v) is 8.12. The minimum atomic E-state index is 0.0575. The number of carbonyl (C=O) groups excluding carboxylic acids is 1. The second-order valence-electron chi connectivity index (χ2n) is 7.26. The Hall–Kier alpha value is -2.50. The van der Waals surface area contributed by atoms with Crippen molar-refractivity contribution in [3.05, 3.63) is 76.8 Å². The lowest BCUT2D eigenvalue weighted by Gasteiger charge is -2.46. The molecule has 0 bridgehead atoms. The van der Waals surface area contributed by atoms with Crippen LogP contribution in [0.25, 0.3) is 10.6 Å². The normalized spacial score (nSPS) is 17.4. The lowest BCUT2D eigenvalue weighted by molar-refractivity contribution is 0.0215. The molecule has 136 valence electrons. The highest BCUT2D eigenvalue weighted by molar-refractivity contribution is 7.13. The first kappa shape index (κ1) is 16.7. The zero-order chi connectivity index (χ0) is 18.2. The quantitative estimate of drug-likeness (QED) is 0.700. The maximum Gasteiger partial charge on any atom is 0.273 e. The molecule has 0 N–H and O–H groups in total. The van der Waals surface area contributed by atoms with Crippen molar-refractivity contribution in [2.24, 2.45) is 0 Å². The van der Waals surface area contributed by atoms with Crippen molar-refractivity contribution >= 4 is 17.2 Å². The molecule has 0 radical (unpaired) electrons. The number of hydrogen-bond acceptors (Lipinski definition) is 4. The van der Waals surface area contributed by atoms with E-state index < -0.39 is 0 Å². The van der Waals surface area contributed by atoms with E-state index in [9.17, 15) is 4.79 Å². The van der Waals surface area contributed by atoms with E-state index in [0.29, 0.717) is 11.7 Å². The number of benzene rings is 2. The fourth-order valence-electron chi connectivity index (χ4n) is 3.93. The minimum Gasteiger partial charge on any atom is -0.334 e. The van der Waals surface area contributed by atoms with Crippen molar-refractivity contribution in [3.8, 4) is 10.6 Å². The Morgan fingerprint density at radius 3 is 2.56 bits per heavy atom. The number of rotatable bonds is 3. The van der Waals surface area contributed by atoms with Gasteiger partial charge in [0, 0.05) is 43.2 Å². The number of likely N-dealkylation sites (tertiary alicyclic amines) is 1. The number of thiazole rings is 1. The third-order valence-corrected chi connectivity index (χ3v) is 6.46. The van der Waals surface area contributed by atoms with E-state index in [2.05, 4.69) is 34.1 Å². The van der Waals surface area contributed by atoms with E-state index in [-0.39, 0.29) is 5.91 Å². The van der Waals surface area contributed by atoms with Crippen molar-refractivity contribution in [1.29, 1.82) is 0 Å². The lowest BCUT2D eigenvalue weighted by atomic mass is 9.96. The molecule has 1 saturated heterocycles. The van der Waals surface area contributed by atoms with Crippen LogP contribution < -0.4 is 0 Å². The van der Waals surface area contributed by atoms with Crippen molar-refractivity contribution in [1.82, 2.24) is 14.8 Å². The molecule has 2 aliphatic rings. The van der Waals surface area contributed by atoms with Gasteiger partial charge in [0.1, 0.15) is 10.7 Å². The molecular formula is C22H21N3OS. The summed E-state index contributed by atoms with van der Waals surface area (Å²) in [4.78, 5) is 21.8. The molecular weight excluding hydrogens is 354 g/mol. The summed E-state index contributed by atoms with van der Waals surface area (Å²) in [7, 11) is 0. The van der Waals surface area contributed by atoms with Gasteiger partial charge in [0.25, 0.3) is 5.91 Å². The van der Waals surface area contributed by atoms with E-state index in [1.807, 2.05) is 40.6 Å². The molecule has 0 saturated carbocycles. The lowest BCUT2D eigenvalue weighted by Crippen LogP contribution is -2.61. The van der Waals surface area contributed by atoms with Crippen LogP contribution in [0.5, 0.6) is 0 Å². The molecule has 2 aromatic carbocycles. The highest BCUT2D eigenvalue weighted by Gasteiger charge is 2.36. The molecule has 0 atom stereocenters. The fraction of sp³-hybridized carbons (Fsp3) is 0.273. The van der Waals surface area contributed by atoms with Gasteiger partial charge in [-0.3, -0.25) is 9.69 Å². The highest BCUT2D eigenvalue weighted by Crippen LogP contribution is 2.27. The zero-order valence-corrected chi connectivity index (χ0v) is 15.9. The number of hydrogen-bond donors (Lipinski definition) is 0. The van der Waals surface area contributed by atoms with Gasteiger partial charge in [-0.1, -0.05) is 54.6 Å². The van der Waals surface area contributed by atoms with Crippen molar-refractivity contribution in [3.63, 3.8) is 0 Å². The van der Waals surface area contributed by atoms with E-state index in [4.69, 9.17) is 0 Å². The van der Waals surface area contributed by atoms with E-state index in [1.54, 1.807) is 0 Å². The topological polar surface area (TPSA) is 36.4 Å². The summed E-state index contributed by atoms with van der Waals surface area (Å²) in [6, 6.07) is 19.2. The Morgan fingerprint density at radius 2 is 1.74 bits per heavy atom. The van der Waals surface area contributed by atoms with Crippen LogP contribution in [0.15, 0.2) is 60.0 Å². The van der Waals surface area contributed by atoms with Crippen LogP contribution in [0, 0.1) is 0 Å². The summed E-state index contributed by atoms with van der Waals surface area (Å²) in [5.74, 6) is 0.0575. The van der Waals surface area contributed by atoms with Crippen LogP contribution in [0.4, 0.5) is 0 Å². The van der Waals surface area contributed by atoms with E-state index in [0.717, 1.165) is 43.2 Å². The Morgan fingerprint density at radius 1 is 1.00 bits per heavy atom. The van der Waals surface area contributed by atoms with Gasteiger partial charge in [-0.2, -0.15) is 0 Å². The van der Waals surface area contributed by atoms with Gasteiger partial charge in [-0.05, 0) is 17.5 Å². The van der Waals surface area contributed by atoms with Crippen LogP contribution in [-0.2, 0) is 13.0 Å². The highest BCUT2D eigenvalue weighted by atomic mass is 32.1. The summed E-state index contributed by atoms with van der Waals surface area (Å²) in [6.07, 6.45) is 1.10. The van der Waals surface area contributed by atoms with Crippen LogP contribution in [0.3, 0.4) is 0 Å². The molecule has 1 aromatic heterocycles.